The van der Waals surface area contributed by atoms with Gasteiger partial charge in [-0.15, -0.1) is 0 Å². The third-order valence-electron chi connectivity index (χ3n) is 4.59. The predicted molar refractivity (Wildman–Crippen MR) is 95.4 cm³/mol. The number of likely N-dealkylation sites (tertiary alicyclic amines) is 1. The van der Waals surface area contributed by atoms with Crippen molar-refractivity contribution >= 4 is 5.91 Å². The first-order chi connectivity index (χ1) is 11.8. The van der Waals surface area contributed by atoms with Gasteiger partial charge in [-0.25, -0.2) is 0 Å². The summed E-state index contributed by atoms with van der Waals surface area (Å²) in [5.41, 5.74) is 2.54. The molecule has 0 unspecified atom stereocenters. The highest BCUT2D eigenvalue weighted by atomic mass is 16.2. The first-order valence-electron chi connectivity index (χ1n) is 8.77. The van der Waals surface area contributed by atoms with E-state index in [0.29, 0.717) is 0 Å². The van der Waals surface area contributed by atoms with Crippen LogP contribution in [0, 0.1) is 0 Å². The van der Waals surface area contributed by atoms with Gasteiger partial charge < -0.3 is 5.32 Å². The van der Waals surface area contributed by atoms with Crippen LogP contribution in [0.4, 0.5) is 0 Å². The molecule has 2 heterocycles. The Balaban J connectivity index is 1.43. The molecule has 0 spiro atoms. The van der Waals surface area contributed by atoms with Crippen LogP contribution < -0.4 is 5.32 Å². The lowest BCUT2D eigenvalue weighted by molar-refractivity contribution is -0.125. The summed E-state index contributed by atoms with van der Waals surface area (Å²) in [6.07, 6.45) is 7.62. The number of carbonyl (C=O) groups is 1. The van der Waals surface area contributed by atoms with Crippen LogP contribution in [0.5, 0.6) is 0 Å². The number of amides is 1. The lowest BCUT2D eigenvalue weighted by Gasteiger charge is -2.23. The molecule has 2 aromatic rings. The number of hydrogen-bond donors (Lipinski definition) is 1. The van der Waals surface area contributed by atoms with E-state index in [1.54, 1.807) is 0 Å². The van der Waals surface area contributed by atoms with E-state index in [-0.39, 0.29) is 11.9 Å². The van der Waals surface area contributed by atoms with Crippen molar-refractivity contribution in [1.29, 1.82) is 0 Å². The molecule has 0 radical (unpaired) electrons. The van der Waals surface area contributed by atoms with E-state index in [1.165, 1.54) is 11.1 Å². The Morgan fingerprint density at radius 2 is 1.92 bits per heavy atom. The van der Waals surface area contributed by atoms with Gasteiger partial charge in [0.2, 0.25) is 5.91 Å². The Morgan fingerprint density at radius 3 is 2.71 bits per heavy atom. The van der Waals surface area contributed by atoms with Gasteiger partial charge in [0.15, 0.2) is 0 Å². The van der Waals surface area contributed by atoms with Crippen LogP contribution in [0.3, 0.4) is 0 Å². The highest BCUT2D eigenvalue weighted by molar-refractivity contribution is 5.82. The van der Waals surface area contributed by atoms with Gasteiger partial charge >= 0.3 is 0 Å². The molecule has 1 amide bonds. The summed E-state index contributed by atoms with van der Waals surface area (Å²) in [4.78, 5) is 18.8. The van der Waals surface area contributed by atoms with Gasteiger partial charge in [-0.2, -0.15) is 0 Å². The molecule has 24 heavy (non-hydrogen) atoms. The van der Waals surface area contributed by atoms with Crippen molar-refractivity contribution in [2.24, 2.45) is 0 Å². The molecule has 1 aromatic carbocycles. The highest BCUT2D eigenvalue weighted by Gasteiger charge is 2.30. The number of rotatable bonds is 7. The Bertz CT molecular complexity index is 630. The minimum absolute atomic E-state index is 0.0196. The maximum Gasteiger partial charge on any atom is 0.237 e. The Hall–Kier alpha value is -2.20. The molecule has 1 aliphatic rings. The molecule has 3 rings (SSSR count). The molecule has 0 aliphatic carbocycles. The molecule has 0 saturated carbocycles. The van der Waals surface area contributed by atoms with Crippen LogP contribution in [0.15, 0.2) is 54.9 Å². The Labute approximate surface area is 143 Å². The second-order valence-electron chi connectivity index (χ2n) is 6.36. The zero-order chi connectivity index (χ0) is 16.6. The zero-order valence-corrected chi connectivity index (χ0v) is 14.0. The van der Waals surface area contributed by atoms with Gasteiger partial charge in [-0.3, -0.25) is 14.7 Å². The second-order valence-corrected chi connectivity index (χ2v) is 6.36. The van der Waals surface area contributed by atoms with Crippen molar-refractivity contribution in [3.63, 3.8) is 0 Å². The number of carbonyl (C=O) groups excluding carboxylic acids is 1. The molecule has 1 fully saturated rings. The summed E-state index contributed by atoms with van der Waals surface area (Å²) in [6, 6.07) is 14.5. The van der Waals surface area contributed by atoms with Crippen LogP contribution in [-0.4, -0.2) is 34.9 Å². The number of benzene rings is 1. The topological polar surface area (TPSA) is 45.2 Å². The fourth-order valence-electron chi connectivity index (χ4n) is 3.30. The minimum atomic E-state index is 0.0196. The van der Waals surface area contributed by atoms with Gasteiger partial charge in [0.1, 0.15) is 0 Å². The van der Waals surface area contributed by atoms with Crippen LogP contribution in [-0.2, 0) is 17.8 Å². The van der Waals surface area contributed by atoms with Gasteiger partial charge in [-0.05, 0) is 55.5 Å². The fraction of sp³-hybridized carbons (Fsp3) is 0.400. The number of aromatic nitrogens is 1. The maximum atomic E-state index is 12.5. The number of nitrogens with one attached hydrogen (secondary N) is 1. The monoisotopic (exact) mass is 323 g/mol. The van der Waals surface area contributed by atoms with Gasteiger partial charge in [0.05, 0.1) is 6.04 Å². The number of aryl methyl sites for hydroxylation is 1. The van der Waals surface area contributed by atoms with Crippen LogP contribution in [0.25, 0.3) is 0 Å². The number of pyridine rings is 1. The summed E-state index contributed by atoms with van der Waals surface area (Å²) >= 11 is 0. The Morgan fingerprint density at radius 1 is 1.12 bits per heavy atom. The second kappa shape index (κ2) is 8.60. The van der Waals surface area contributed by atoms with E-state index < -0.39 is 0 Å². The third kappa shape index (κ3) is 4.65. The van der Waals surface area contributed by atoms with Crippen LogP contribution >= 0.6 is 0 Å². The molecule has 1 N–H and O–H groups in total. The molecule has 1 saturated heterocycles. The van der Waals surface area contributed by atoms with Gasteiger partial charge in [0, 0.05) is 25.5 Å². The largest absolute Gasteiger partial charge is 0.355 e. The summed E-state index contributed by atoms with van der Waals surface area (Å²) < 4.78 is 0. The smallest absolute Gasteiger partial charge is 0.237 e. The van der Waals surface area contributed by atoms with E-state index in [1.807, 2.05) is 30.6 Å². The van der Waals surface area contributed by atoms with Crippen molar-refractivity contribution in [2.75, 3.05) is 13.1 Å². The summed E-state index contributed by atoms with van der Waals surface area (Å²) in [5.74, 6) is 0.179. The number of nitrogens with zero attached hydrogens (tertiary/aromatic N) is 2. The average molecular weight is 323 g/mol. The molecule has 126 valence electrons. The highest BCUT2D eigenvalue weighted by Crippen LogP contribution is 2.20. The SMILES string of the molecule is O=C(NCCCc1ccncc1)[C@@H]1CCCN1Cc1ccccc1. The van der Waals surface area contributed by atoms with Crippen molar-refractivity contribution in [3.8, 4) is 0 Å². The standard InChI is InChI=1S/C20H25N3O/c24-20(22-12-4-8-17-10-13-21-14-11-17)19-9-5-15-23(19)16-18-6-2-1-3-7-18/h1-3,6-7,10-11,13-14,19H,4-5,8-9,12,15-16H2,(H,22,24)/t19-/m0/s1. The summed E-state index contributed by atoms with van der Waals surface area (Å²) in [6.45, 7) is 2.59. The molecule has 1 aromatic heterocycles. The van der Waals surface area contributed by atoms with E-state index in [9.17, 15) is 4.79 Å². The Kier molecular flexibility index (Phi) is 5.96. The first kappa shape index (κ1) is 16.7. The molecule has 1 atom stereocenters. The zero-order valence-electron chi connectivity index (χ0n) is 14.0. The van der Waals surface area contributed by atoms with Crippen molar-refractivity contribution in [3.05, 3.63) is 66.0 Å². The van der Waals surface area contributed by atoms with Crippen LogP contribution in [0.2, 0.25) is 0 Å². The third-order valence-corrected chi connectivity index (χ3v) is 4.59. The normalized spacial score (nSPS) is 17.8. The molecule has 4 nitrogen and oxygen atoms in total. The van der Waals surface area contributed by atoms with Crippen molar-refractivity contribution in [1.82, 2.24) is 15.2 Å². The first-order valence-corrected chi connectivity index (χ1v) is 8.77. The lowest BCUT2D eigenvalue weighted by Crippen LogP contribution is -2.43. The van der Waals surface area contributed by atoms with E-state index in [4.69, 9.17) is 0 Å². The quantitative estimate of drug-likeness (QED) is 0.797. The summed E-state index contributed by atoms with van der Waals surface area (Å²) in [5, 5.41) is 3.11. The molecule has 1 aliphatic heterocycles. The van der Waals surface area contributed by atoms with Gasteiger partial charge in [0.25, 0.3) is 0 Å². The van der Waals surface area contributed by atoms with Crippen molar-refractivity contribution in [2.45, 2.75) is 38.3 Å². The molecule has 0 bridgehead atoms. The van der Waals surface area contributed by atoms with E-state index in [2.05, 4.69) is 39.5 Å². The summed E-state index contributed by atoms with van der Waals surface area (Å²) in [7, 11) is 0. The molecular weight excluding hydrogens is 298 g/mol. The molecular formula is C20H25N3O. The number of hydrogen-bond acceptors (Lipinski definition) is 3. The lowest BCUT2D eigenvalue weighted by atomic mass is 10.1. The van der Waals surface area contributed by atoms with E-state index in [0.717, 1.165) is 45.3 Å². The molecule has 4 heteroatoms. The van der Waals surface area contributed by atoms with Gasteiger partial charge in [-0.1, -0.05) is 30.3 Å². The predicted octanol–water partition coefficient (Wildman–Crippen LogP) is 2.80. The van der Waals surface area contributed by atoms with E-state index >= 15 is 0 Å². The fourth-order valence-corrected chi connectivity index (χ4v) is 3.30. The minimum Gasteiger partial charge on any atom is -0.355 e. The van der Waals surface area contributed by atoms with Crippen molar-refractivity contribution < 1.29 is 4.79 Å². The van der Waals surface area contributed by atoms with Crippen LogP contribution in [0.1, 0.15) is 30.4 Å². The average Bonchev–Trinajstić information content (AvgIpc) is 3.08. The maximum absolute atomic E-state index is 12.5.